The Labute approximate surface area is 73.4 Å². The van der Waals surface area contributed by atoms with Crippen molar-refractivity contribution in [2.75, 3.05) is 11.5 Å². The Balaban J connectivity index is 2.03. The Bertz CT molecular complexity index is 140. The van der Waals surface area contributed by atoms with E-state index in [4.69, 9.17) is 5.73 Å². The summed E-state index contributed by atoms with van der Waals surface area (Å²) in [6.07, 6.45) is 6.38. The van der Waals surface area contributed by atoms with Crippen molar-refractivity contribution < 1.29 is 0 Å². The van der Waals surface area contributed by atoms with Gasteiger partial charge in [-0.15, -0.1) is 0 Å². The summed E-state index contributed by atoms with van der Waals surface area (Å²) in [6, 6.07) is 0.349. The Morgan fingerprint density at radius 1 is 1.73 bits per heavy atom. The van der Waals surface area contributed by atoms with E-state index < -0.39 is 0 Å². The molecule has 0 aromatic carbocycles. The van der Waals surface area contributed by atoms with Crippen molar-refractivity contribution in [2.45, 2.75) is 32.2 Å². The van der Waals surface area contributed by atoms with Crippen molar-refractivity contribution >= 4 is 11.8 Å². The molecule has 1 aliphatic rings. The van der Waals surface area contributed by atoms with Crippen LogP contribution in [0.1, 0.15) is 26.2 Å². The molecule has 0 saturated heterocycles. The van der Waals surface area contributed by atoms with E-state index in [1.165, 1.54) is 25.0 Å². The van der Waals surface area contributed by atoms with Crippen molar-refractivity contribution in [2.24, 2.45) is 5.73 Å². The molecule has 0 fully saturated rings. The zero-order chi connectivity index (χ0) is 8.10. The van der Waals surface area contributed by atoms with Crippen molar-refractivity contribution in [1.29, 1.82) is 0 Å². The number of hydrogen-bond donors (Lipinski definition) is 1. The van der Waals surface area contributed by atoms with Gasteiger partial charge in [-0.25, -0.2) is 0 Å². The molecule has 1 atom stereocenters. The highest BCUT2D eigenvalue weighted by atomic mass is 32.2. The second kappa shape index (κ2) is 4.83. The molecule has 0 aromatic rings. The van der Waals surface area contributed by atoms with E-state index in [0.29, 0.717) is 6.04 Å². The van der Waals surface area contributed by atoms with E-state index >= 15 is 0 Å². The second-order valence-corrected chi connectivity index (χ2v) is 4.28. The van der Waals surface area contributed by atoms with Crippen LogP contribution in [0.15, 0.2) is 11.6 Å². The van der Waals surface area contributed by atoms with Gasteiger partial charge in [0.15, 0.2) is 0 Å². The third-order valence-corrected chi connectivity index (χ3v) is 3.14. The molecule has 0 amide bonds. The van der Waals surface area contributed by atoms with Gasteiger partial charge in [0.1, 0.15) is 0 Å². The van der Waals surface area contributed by atoms with Crippen molar-refractivity contribution in [1.82, 2.24) is 0 Å². The van der Waals surface area contributed by atoms with Crippen LogP contribution in [0.4, 0.5) is 0 Å². The third kappa shape index (κ3) is 3.82. The van der Waals surface area contributed by atoms with Crippen LogP contribution in [0.5, 0.6) is 0 Å². The van der Waals surface area contributed by atoms with E-state index in [2.05, 4.69) is 13.0 Å². The average Bonchev–Trinajstić information content (AvgIpc) is 2.39. The molecular formula is C9H17NS. The van der Waals surface area contributed by atoms with Gasteiger partial charge in [-0.1, -0.05) is 11.6 Å². The Morgan fingerprint density at radius 2 is 2.55 bits per heavy atom. The molecule has 0 aliphatic heterocycles. The van der Waals surface area contributed by atoms with Gasteiger partial charge >= 0.3 is 0 Å². The zero-order valence-electron chi connectivity index (χ0n) is 7.18. The lowest BCUT2D eigenvalue weighted by atomic mass is 10.3. The fourth-order valence-corrected chi connectivity index (χ4v) is 2.26. The predicted molar refractivity (Wildman–Crippen MR) is 52.9 cm³/mol. The first-order chi connectivity index (χ1) is 5.29. The van der Waals surface area contributed by atoms with Gasteiger partial charge in [-0.2, -0.15) is 11.8 Å². The minimum atomic E-state index is 0.349. The molecule has 0 spiro atoms. The predicted octanol–water partition coefficient (Wildman–Crippen LogP) is 2.18. The summed E-state index contributed by atoms with van der Waals surface area (Å²) in [5.74, 6) is 2.30. The first-order valence-corrected chi connectivity index (χ1v) is 5.46. The topological polar surface area (TPSA) is 26.0 Å². The standard InChI is InChI=1S/C9H17NS/c1-8(10)6-11-7-9-4-2-3-5-9/h4,8H,2-3,5-7,10H2,1H3. The summed E-state index contributed by atoms with van der Waals surface area (Å²) in [4.78, 5) is 0. The maximum atomic E-state index is 5.64. The minimum Gasteiger partial charge on any atom is -0.327 e. The van der Waals surface area contributed by atoms with Crippen LogP contribution in [0.2, 0.25) is 0 Å². The van der Waals surface area contributed by atoms with E-state index in [0.717, 1.165) is 5.75 Å². The molecule has 2 heteroatoms. The molecule has 1 unspecified atom stereocenters. The molecular weight excluding hydrogens is 154 g/mol. The third-order valence-electron chi connectivity index (χ3n) is 1.80. The maximum Gasteiger partial charge on any atom is 0.0143 e. The van der Waals surface area contributed by atoms with Gasteiger partial charge in [0.05, 0.1) is 0 Å². The van der Waals surface area contributed by atoms with Crippen LogP contribution in [0.3, 0.4) is 0 Å². The smallest absolute Gasteiger partial charge is 0.0143 e. The van der Waals surface area contributed by atoms with Crippen LogP contribution in [-0.4, -0.2) is 17.5 Å². The van der Waals surface area contributed by atoms with Gasteiger partial charge < -0.3 is 5.73 Å². The van der Waals surface area contributed by atoms with E-state index in [-0.39, 0.29) is 0 Å². The summed E-state index contributed by atoms with van der Waals surface area (Å²) < 4.78 is 0. The number of nitrogens with two attached hydrogens (primary N) is 1. The van der Waals surface area contributed by atoms with Crippen LogP contribution >= 0.6 is 11.8 Å². The summed E-state index contributed by atoms with van der Waals surface area (Å²) >= 11 is 1.97. The monoisotopic (exact) mass is 171 g/mol. The Kier molecular flexibility index (Phi) is 4.02. The molecule has 1 rings (SSSR count). The molecule has 2 N–H and O–H groups in total. The summed E-state index contributed by atoms with van der Waals surface area (Å²) in [6.45, 7) is 2.07. The highest BCUT2D eigenvalue weighted by molar-refractivity contribution is 7.99. The van der Waals surface area contributed by atoms with E-state index in [9.17, 15) is 0 Å². The van der Waals surface area contributed by atoms with E-state index in [1.807, 2.05) is 11.8 Å². The van der Waals surface area contributed by atoms with Gasteiger partial charge in [-0.3, -0.25) is 0 Å². The van der Waals surface area contributed by atoms with Crippen LogP contribution in [0, 0.1) is 0 Å². The average molecular weight is 171 g/mol. The molecule has 1 nitrogen and oxygen atoms in total. The number of hydrogen-bond acceptors (Lipinski definition) is 2. The second-order valence-electron chi connectivity index (χ2n) is 3.25. The van der Waals surface area contributed by atoms with Crippen molar-refractivity contribution in [3.63, 3.8) is 0 Å². The number of rotatable bonds is 4. The van der Waals surface area contributed by atoms with Crippen molar-refractivity contribution in [3.8, 4) is 0 Å². The van der Waals surface area contributed by atoms with Crippen molar-refractivity contribution in [3.05, 3.63) is 11.6 Å². The summed E-state index contributed by atoms with van der Waals surface area (Å²) in [5.41, 5.74) is 7.27. The van der Waals surface area contributed by atoms with Gasteiger partial charge in [-0.05, 0) is 26.2 Å². The summed E-state index contributed by atoms with van der Waals surface area (Å²) in [5, 5.41) is 0. The normalized spacial score (nSPS) is 20.0. The SMILES string of the molecule is CC(N)CSCC1=CCCC1. The molecule has 64 valence electrons. The Morgan fingerprint density at radius 3 is 3.09 bits per heavy atom. The highest BCUT2D eigenvalue weighted by Gasteiger charge is 2.04. The molecule has 0 radical (unpaired) electrons. The number of allylic oxidation sites excluding steroid dienone is 1. The highest BCUT2D eigenvalue weighted by Crippen LogP contribution is 2.21. The quantitative estimate of drug-likeness (QED) is 0.656. The first-order valence-electron chi connectivity index (χ1n) is 4.30. The Hall–Kier alpha value is 0.0500. The van der Waals surface area contributed by atoms with E-state index in [1.54, 1.807) is 5.57 Å². The first kappa shape index (κ1) is 9.14. The fraction of sp³-hybridized carbons (Fsp3) is 0.778. The molecule has 11 heavy (non-hydrogen) atoms. The lowest BCUT2D eigenvalue weighted by Gasteiger charge is -2.04. The molecule has 0 heterocycles. The fourth-order valence-electron chi connectivity index (χ4n) is 1.24. The van der Waals surface area contributed by atoms with Crippen LogP contribution in [0.25, 0.3) is 0 Å². The number of thioether (sulfide) groups is 1. The molecule has 0 aromatic heterocycles. The van der Waals surface area contributed by atoms with Gasteiger partial charge in [0, 0.05) is 17.5 Å². The minimum absolute atomic E-state index is 0.349. The van der Waals surface area contributed by atoms with Gasteiger partial charge in [0.2, 0.25) is 0 Å². The maximum absolute atomic E-state index is 5.64. The lowest BCUT2D eigenvalue weighted by Crippen LogP contribution is -2.17. The lowest BCUT2D eigenvalue weighted by molar-refractivity contribution is 0.847. The largest absolute Gasteiger partial charge is 0.327 e. The molecule has 0 saturated carbocycles. The zero-order valence-corrected chi connectivity index (χ0v) is 7.99. The summed E-state index contributed by atoms with van der Waals surface area (Å²) in [7, 11) is 0. The van der Waals surface area contributed by atoms with Crippen LogP contribution in [-0.2, 0) is 0 Å². The molecule has 0 bridgehead atoms. The van der Waals surface area contributed by atoms with Crippen LogP contribution < -0.4 is 5.73 Å². The van der Waals surface area contributed by atoms with Gasteiger partial charge in [0.25, 0.3) is 0 Å². The molecule has 1 aliphatic carbocycles.